The van der Waals surface area contributed by atoms with Crippen molar-refractivity contribution in [3.63, 3.8) is 0 Å². The molecule has 0 amide bonds. The molecular weight excluding hydrogens is 729 g/mol. The van der Waals surface area contributed by atoms with Crippen LogP contribution in [0.15, 0.2) is 180 Å². The first-order chi connectivity index (χ1) is 29.5. The lowest BCUT2D eigenvalue weighted by Crippen LogP contribution is -2.30. The molecule has 3 heterocycles. The third-order valence-corrected chi connectivity index (χ3v) is 13.6. The summed E-state index contributed by atoms with van der Waals surface area (Å²) >= 11 is 0. The number of fused-ring (bicyclic) bond motifs is 14. The fraction of sp³-hybridized carbons (Fsp3) is 0.0877. The van der Waals surface area contributed by atoms with Crippen LogP contribution >= 0.6 is 0 Å². The van der Waals surface area contributed by atoms with E-state index in [-0.39, 0.29) is 5.41 Å². The lowest BCUT2D eigenvalue weighted by molar-refractivity contribution is 0.545. The highest BCUT2D eigenvalue weighted by atomic mass is 16.3. The Morgan fingerprint density at radius 1 is 0.467 bits per heavy atom. The molecule has 0 atom stereocenters. The molecule has 2 aromatic heterocycles. The summed E-state index contributed by atoms with van der Waals surface area (Å²) in [6.07, 6.45) is 6.45. The van der Waals surface area contributed by atoms with Crippen molar-refractivity contribution in [2.45, 2.75) is 32.1 Å². The number of hydrogen-bond acceptors (Lipinski definition) is 2. The normalized spacial score (nSPS) is 14.4. The zero-order chi connectivity index (χ0) is 39.7. The standard InChI is InChI=1S/C57H40N2O/c1-57(2)48-21-9-11-23-52(48)58(37-28-29-42-40-16-4-3-14-38(40)39-15-5-6-17-41(39)46(42)34-37)53-31-27-36(33-49(53)57)35-26-30-51-47(32-35)43-18-7-10-22-50(43)59(51)54-24-13-20-45-44-19-8-12-25-55(44)60-56(45)54/h3-11,13-24,26-34H,12,25H2,1-2H3. The Morgan fingerprint density at radius 2 is 1.08 bits per heavy atom. The van der Waals surface area contributed by atoms with Crippen LogP contribution in [0.2, 0.25) is 0 Å². The van der Waals surface area contributed by atoms with Crippen molar-refractivity contribution in [1.29, 1.82) is 0 Å². The van der Waals surface area contributed by atoms with Crippen molar-refractivity contribution in [3.05, 3.63) is 198 Å². The molecule has 0 saturated carbocycles. The van der Waals surface area contributed by atoms with Crippen LogP contribution in [0.5, 0.6) is 0 Å². The predicted molar refractivity (Wildman–Crippen MR) is 253 cm³/mol. The number of aromatic nitrogens is 1. The van der Waals surface area contributed by atoms with E-state index in [9.17, 15) is 0 Å². The van der Waals surface area contributed by atoms with Crippen LogP contribution < -0.4 is 4.90 Å². The van der Waals surface area contributed by atoms with Gasteiger partial charge in [0, 0.05) is 39.2 Å². The fourth-order valence-corrected chi connectivity index (χ4v) is 10.7. The molecule has 1 aliphatic carbocycles. The van der Waals surface area contributed by atoms with Crippen molar-refractivity contribution in [2.24, 2.45) is 0 Å². The molecule has 9 aromatic carbocycles. The molecule has 11 aromatic rings. The number of nitrogens with zero attached hydrogens (tertiary/aromatic N) is 2. The van der Waals surface area contributed by atoms with Gasteiger partial charge in [0.25, 0.3) is 0 Å². The number of anilines is 3. The van der Waals surface area contributed by atoms with Crippen molar-refractivity contribution >= 4 is 88.2 Å². The van der Waals surface area contributed by atoms with Crippen LogP contribution in [0.3, 0.4) is 0 Å². The highest BCUT2D eigenvalue weighted by molar-refractivity contribution is 6.26. The third kappa shape index (κ3) is 4.60. The minimum atomic E-state index is -0.228. The Labute approximate surface area is 348 Å². The van der Waals surface area contributed by atoms with Gasteiger partial charge in [0.15, 0.2) is 5.58 Å². The number of allylic oxidation sites excluding steroid dienone is 1. The van der Waals surface area contributed by atoms with Gasteiger partial charge in [-0.2, -0.15) is 0 Å². The molecule has 13 rings (SSSR count). The maximum atomic E-state index is 6.66. The molecule has 284 valence electrons. The van der Waals surface area contributed by atoms with E-state index < -0.39 is 0 Å². The van der Waals surface area contributed by atoms with Gasteiger partial charge in [-0.1, -0.05) is 141 Å². The first-order valence-electron chi connectivity index (χ1n) is 21.2. The molecule has 0 N–H and O–H groups in total. The van der Waals surface area contributed by atoms with Crippen LogP contribution in [-0.2, 0) is 11.8 Å². The summed E-state index contributed by atoms with van der Waals surface area (Å²) in [5, 5.41) is 11.4. The van der Waals surface area contributed by atoms with Gasteiger partial charge in [-0.25, -0.2) is 0 Å². The summed E-state index contributed by atoms with van der Waals surface area (Å²) in [4.78, 5) is 2.49. The molecule has 0 saturated heterocycles. The van der Waals surface area contributed by atoms with E-state index in [0.29, 0.717) is 0 Å². The summed E-state index contributed by atoms with van der Waals surface area (Å²) in [5.41, 5.74) is 14.0. The molecule has 0 spiro atoms. The SMILES string of the molecule is CC1(C)c2ccccc2N(c2ccc3c4ccccc4c4ccccc4c3c2)c2ccc(-c3ccc4c(c3)c3ccccc3n4-c3cccc4c5c(oc34)CCC=C5)cc21. The first kappa shape index (κ1) is 33.6. The fourth-order valence-electron chi connectivity index (χ4n) is 10.7. The number of benzene rings is 9. The molecular formula is C57H40N2O. The van der Waals surface area contributed by atoms with Gasteiger partial charge in [0.1, 0.15) is 5.76 Å². The van der Waals surface area contributed by atoms with Gasteiger partial charge in [-0.3, -0.25) is 0 Å². The second-order valence-electron chi connectivity index (χ2n) is 17.1. The number of furan rings is 1. The smallest absolute Gasteiger partial charge is 0.158 e. The van der Waals surface area contributed by atoms with E-state index >= 15 is 0 Å². The second-order valence-corrected chi connectivity index (χ2v) is 17.1. The van der Waals surface area contributed by atoms with E-state index in [4.69, 9.17) is 4.42 Å². The van der Waals surface area contributed by atoms with Gasteiger partial charge in [-0.15, -0.1) is 0 Å². The van der Waals surface area contributed by atoms with Gasteiger partial charge >= 0.3 is 0 Å². The van der Waals surface area contributed by atoms with E-state index in [2.05, 4.69) is 205 Å². The van der Waals surface area contributed by atoms with Crippen molar-refractivity contribution in [2.75, 3.05) is 4.90 Å². The van der Waals surface area contributed by atoms with Gasteiger partial charge < -0.3 is 13.9 Å². The lowest BCUT2D eigenvalue weighted by Gasteiger charge is -2.42. The molecule has 3 nitrogen and oxygen atoms in total. The van der Waals surface area contributed by atoms with E-state index in [1.165, 1.54) is 98.7 Å². The molecule has 3 heteroatoms. The van der Waals surface area contributed by atoms with Crippen LogP contribution in [0.25, 0.3) is 88.0 Å². The van der Waals surface area contributed by atoms with Crippen LogP contribution in [0.4, 0.5) is 17.1 Å². The Morgan fingerprint density at radius 3 is 1.90 bits per heavy atom. The highest BCUT2D eigenvalue weighted by Crippen LogP contribution is 2.53. The molecule has 1 aliphatic heterocycles. The van der Waals surface area contributed by atoms with Gasteiger partial charge in [0.05, 0.1) is 28.1 Å². The summed E-state index contributed by atoms with van der Waals surface area (Å²) in [6.45, 7) is 4.76. The van der Waals surface area contributed by atoms with Crippen molar-refractivity contribution < 1.29 is 4.42 Å². The molecule has 2 aliphatic rings. The number of hydrogen-bond donors (Lipinski definition) is 0. The molecule has 0 fully saturated rings. The van der Waals surface area contributed by atoms with E-state index in [1.807, 2.05) is 0 Å². The summed E-state index contributed by atoms with van der Waals surface area (Å²) in [5.74, 6) is 1.09. The Kier molecular flexibility index (Phi) is 6.90. The highest BCUT2D eigenvalue weighted by Gasteiger charge is 2.37. The second kappa shape index (κ2) is 12.3. The monoisotopic (exact) mass is 768 g/mol. The quantitative estimate of drug-likeness (QED) is 0.167. The summed E-state index contributed by atoms with van der Waals surface area (Å²) in [7, 11) is 0. The van der Waals surface area contributed by atoms with E-state index in [0.717, 1.165) is 35.6 Å². The molecule has 0 bridgehead atoms. The Hall–Kier alpha value is -7.36. The van der Waals surface area contributed by atoms with Gasteiger partial charge in [-0.05, 0) is 116 Å². The maximum absolute atomic E-state index is 6.66. The largest absolute Gasteiger partial charge is 0.458 e. The zero-order valence-electron chi connectivity index (χ0n) is 33.5. The minimum Gasteiger partial charge on any atom is -0.458 e. The van der Waals surface area contributed by atoms with Crippen LogP contribution in [0.1, 0.15) is 42.7 Å². The van der Waals surface area contributed by atoms with Gasteiger partial charge in [0.2, 0.25) is 0 Å². The first-order valence-corrected chi connectivity index (χ1v) is 21.2. The predicted octanol–water partition coefficient (Wildman–Crippen LogP) is 15.7. The topological polar surface area (TPSA) is 21.3 Å². The lowest BCUT2D eigenvalue weighted by atomic mass is 9.73. The molecule has 0 radical (unpaired) electrons. The molecule has 0 unspecified atom stereocenters. The third-order valence-electron chi connectivity index (χ3n) is 13.6. The maximum Gasteiger partial charge on any atom is 0.158 e. The van der Waals surface area contributed by atoms with Crippen LogP contribution in [-0.4, -0.2) is 4.57 Å². The number of rotatable bonds is 3. The minimum absolute atomic E-state index is 0.228. The Balaban J connectivity index is 0.987. The molecule has 60 heavy (non-hydrogen) atoms. The zero-order valence-corrected chi connectivity index (χ0v) is 33.5. The summed E-state index contributed by atoms with van der Waals surface area (Å²) in [6, 6.07) is 63.2. The van der Waals surface area contributed by atoms with Crippen LogP contribution in [0, 0.1) is 0 Å². The Bertz CT molecular complexity index is 3620. The number of para-hydroxylation sites is 3. The van der Waals surface area contributed by atoms with E-state index in [1.54, 1.807) is 0 Å². The average Bonchev–Trinajstić information content (AvgIpc) is 3.85. The number of aryl methyl sites for hydroxylation is 1. The average molecular weight is 769 g/mol. The van der Waals surface area contributed by atoms with Crippen molar-refractivity contribution in [3.8, 4) is 16.8 Å². The summed E-state index contributed by atoms with van der Waals surface area (Å²) < 4.78 is 9.05. The van der Waals surface area contributed by atoms with Crippen molar-refractivity contribution in [1.82, 2.24) is 4.57 Å².